The molecule has 2 rings (SSSR count). The Labute approximate surface area is 134 Å². The third kappa shape index (κ3) is 4.76. The van der Waals surface area contributed by atoms with E-state index in [1.54, 1.807) is 0 Å². The fourth-order valence-electron chi connectivity index (χ4n) is 1.24. The van der Waals surface area contributed by atoms with Gasteiger partial charge in [-0.15, -0.1) is 4.98 Å². The summed E-state index contributed by atoms with van der Waals surface area (Å²) in [5.74, 6) is 0.102. The summed E-state index contributed by atoms with van der Waals surface area (Å²) in [7, 11) is 1.39. The van der Waals surface area contributed by atoms with Crippen LogP contribution < -0.4 is 14.2 Å². The molecule has 0 fully saturated rings. The van der Waals surface area contributed by atoms with Crippen LogP contribution in [0.2, 0.25) is 10.6 Å². The highest BCUT2D eigenvalue weighted by Crippen LogP contribution is 2.12. The zero-order chi connectivity index (χ0) is 15.9. The lowest BCUT2D eigenvalue weighted by molar-refractivity contribution is 0.191. The SMILES string of the molecule is COc1nc(Cl)nc(OCCOc2nc(Cl)nc(CO)n2)n1. The smallest absolute Gasteiger partial charge is 0.324 e. The zero-order valence-corrected chi connectivity index (χ0v) is 12.7. The molecule has 0 aromatic carbocycles. The van der Waals surface area contributed by atoms with E-state index < -0.39 is 0 Å². The molecule has 0 saturated carbocycles. The van der Waals surface area contributed by atoms with E-state index in [1.807, 2.05) is 0 Å². The van der Waals surface area contributed by atoms with Gasteiger partial charge >= 0.3 is 18.0 Å². The number of aliphatic hydroxyl groups is 1. The van der Waals surface area contributed by atoms with Crippen LogP contribution in [0.25, 0.3) is 0 Å². The van der Waals surface area contributed by atoms with E-state index in [2.05, 4.69) is 29.9 Å². The molecule has 0 spiro atoms. The number of ether oxygens (including phenoxy) is 3. The van der Waals surface area contributed by atoms with Crippen molar-refractivity contribution in [3.63, 3.8) is 0 Å². The third-order valence-corrected chi connectivity index (χ3v) is 2.41. The van der Waals surface area contributed by atoms with Crippen molar-refractivity contribution in [1.29, 1.82) is 0 Å². The molecule has 2 aromatic heterocycles. The van der Waals surface area contributed by atoms with E-state index in [0.717, 1.165) is 0 Å². The van der Waals surface area contributed by atoms with Crippen molar-refractivity contribution in [2.24, 2.45) is 0 Å². The molecule has 1 N–H and O–H groups in total. The van der Waals surface area contributed by atoms with Gasteiger partial charge in [0.05, 0.1) is 7.11 Å². The van der Waals surface area contributed by atoms with Crippen molar-refractivity contribution in [3.05, 3.63) is 16.4 Å². The second-order valence-electron chi connectivity index (χ2n) is 3.53. The molecule has 0 bridgehead atoms. The van der Waals surface area contributed by atoms with Gasteiger partial charge in [-0.1, -0.05) is 0 Å². The van der Waals surface area contributed by atoms with Gasteiger partial charge in [-0.3, -0.25) is 0 Å². The summed E-state index contributed by atoms with van der Waals surface area (Å²) in [5.41, 5.74) is 0. The standard InChI is InChI=1S/C10H10Cl2N6O4/c1-20-8-15-7(12)17-10(18-8)22-3-2-21-9-14-5(4-19)13-6(11)16-9/h19H,2-4H2,1H3. The Balaban J connectivity index is 1.87. The lowest BCUT2D eigenvalue weighted by Crippen LogP contribution is -2.13. The van der Waals surface area contributed by atoms with Crippen LogP contribution in [-0.4, -0.2) is 55.3 Å². The Kier molecular flexibility index (Phi) is 5.81. The van der Waals surface area contributed by atoms with Crippen LogP contribution in [0.1, 0.15) is 5.82 Å². The van der Waals surface area contributed by atoms with Gasteiger partial charge < -0.3 is 19.3 Å². The van der Waals surface area contributed by atoms with Gasteiger partial charge in [0.25, 0.3) is 0 Å². The first-order valence-corrected chi connectivity index (χ1v) is 6.58. The van der Waals surface area contributed by atoms with Crippen molar-refractivity contribution >= 4 is 23.2 Å². The number of methoxy groups -OCH3 is 1. The fourth-order valence-corrected chi connectivity index (χ4v) is 1.56. The first-order chi connectivity index (χ1) is 10.6. The van der Waals surface area contributed by atoms with E-state index in [0.29, 0.717) is 0 Å². The first-order valence-electron chi connectivity index (χ1n) is 5.83. The summed E-state index contributed by atoms with van der Waals surface area (Å²) in [6.07, 6.45) is 0. The van der Waals surface area contributed by atoms with Gasteiger partial charge in [-0.2, -0.15) is 24.9 Å². The van der Waals surface area contributed by atoms with Crippen molar-refractivity contribution in [2.45, 2.75) is 6.61 Å². The Morgan fingerprint density at radius 1 is 0.818 bits per heavy atom. The second-order valence-corrected chi connectivity index (χ2v) is 4.21. The largest absolute Gasteiger partial charge is 0.467 e. The van der Waals surface area contributed by atoms with E-state index in [4.69, 9.17) is 42.5 Å². The molecule has 0 saturated heterocycles. The van der Waals surface area contributed by atoms with Gasteiger partial charge in [0.2, 0.25) is 10.6 Å². The Morgan fingerprint density at radius 2 is 1.36 bits per heavy atom. The summed E-state index contributed by atoms with van der Waals surface area (Å²) in [6, 6.07) is -0.00293. The summed E-state index contributed by atoms with van der Waals surface area (Å²) >= 11 is 11.3. The second kappa shape index (κ2) is 7.82. The maximum atomic E-state index is 8.94. The predicted octanol–water partition coefficient (Wildman–Crippen LogP) is 0.322. The summed E-state index contributed by atoms with van der Waals surface area (Å²) in [6.45, 7) is -0.212. The summed E-state index contributed by atoms with van der Waals surface area (Å²) < 4.78 is 15.3. The number of nitrogens with zero attached hydrogens (tertiary/aromatic N) is 6. The highest BCUT2D eigenvalue weighted by molar-refractivity contribution is 6.28. The molecular weight excluding hydrogens is 339 g/mol. The molecule has 118 valence electrons. The number of aromatic nitrogens is 6. The fraction of sp³-hybridized carbons (Fsp3) is 0.400. The average Bonchev–Trinajstić information content (AvgIpc) is 2.50. The van der Waals surface area contributed by atoms with Crippen LogP contribution in [0.4, 0.5) is 0 Å². The van der Waals surface area contributed by atoms with Crippen LogP contribution in [0.5, 0.6) is 18.0 Å². The Bertz CT molecular complexity index is 591. The molecule has 10 nitrogen and oxygen atoms in total. The molecule has 22 heavy (non-hydrogen) atoms. The number of rotatable bonds is 7. The van der Waals surface area contributed by atoms with Crippen LogP contribution in [0, 0.1) is 0 Å². The van der Waals surface area contributed by atoms with Gasteiger partial charge in [0, 0.05) is 0 Å². The van der Waals surface area contributed by atoms with E-state index >= 15 is 0 Å². The number of aliphatic hydroxyl groups excluding tert-OH is 1. The maximum Gasteiger partial charge on any atom is 0.324 e. The molecule has 0 aliphatic heterocycles. The summed E-state index contributed by atoms with van der Waals surface area (Å²) in [4.78, 5) is 22.5. The average molecular weight is 349 g/mol. The van der Waals surface area contributed by atoms with Crippen molar-refractivity contribution < 1.29 is 19.3 Å². The molecule has 2 aromatic rings. The lowest BCUT2D eigenvalue weighted by Gasteiger charge is -2.07. The number of hydrogen-bond acceptors (Lipinski definition) is 10. The Morgan fingerprint density at radius 3 is 1.95 bits per heavy atom. The molecule has 0 aliphatic carbocycles. The van der Waals surface area contributed by atoms with E-state index in [1.165, 1.54) is 7.11 Å². The molecule has 0 amide bonds. The highest BCUT2D eigenvalue weighted by atomic mass is 35.5. The van der Waals surface area contributed by atoms with Crippen LogP contribution in [-0.2, 0) is 6.61 Å². The predicted molar refractivity (Wildman–Crippen MR) is 73.1 cm³/mol. The van der Waals surface area contributed by atoms with Crippen molar-refractivity contribution in [2.75, 3.05) is 20.3 Å². The van der Waals surface area contributed by atoms with Gasteiger partial charge in [-0.25, -0.2) is 0 Å². The van der Waals surface area contributed by atoms with Gasteiger partial charge in [0.1, 0.15) is 19.8 Å². The minimum absolute atomic E-state index is 0.00910. The molecule has 0 aliphatic rings. The Hall–Kier alpha value is -2.04. The van der Waals surface area contributed by atoms with E-state index in [-0.39, 0.29) is 54.2 Å². The molecule has 2 heterocycles. The zero-order valence-electron chi connectivity index (χ0n) is 11.2. The monoisotopic (exact) mass is 348 g/mol. The molecule has 0 unspecified atom stereocenters. The maximum absolute atomic E-state index is 8.94. The van der Waals surface area contributed by atoms with Crippen LogP contribution in [0.3, 0.4) is 0 Å². The van der Waals surface area contributed by atoms with Gasteiger partial charge in [0.15, 0.2) is 5.82 Å². The van der Waals surface area contributed by atoms with Crippen molar-refractivity contribution in [1.82, 2.24) is 29.9 Å². The highest BCUT2D eigenvalue weighted by Gasteiger charge is 2.08. The number of halogens is 2. The quantitative estimate of drug-likeness (QED) is 0.699. The molecule has 0 atom stereocenters. The third-order valence-electron chi connectivity index (χ3n) is 2.07. The minimum atomic E-state index is -0.377. The van der Waals surface area contributed by atoms with E-state index in [9.17, 15) is 0 Å². The van der Waals surface area contributed by atoms with Gasteiger partial charge in [-0.05, 0) is 23.2 Å². The van der Waals surface area contributed by atoms with Crippen molar-refractivity contribution in [3.8, 4) is 18.0 Å². The molecule has 0 radical (unpaired) electrons. The van der Waals surface area contributed by atoms with Crippen LogP contribution in [0.15, 0.2) is 0 Å². The molecule has 12 heteroatoms. The minimum Gasteiger partial charge on any atom is -0.467 e. The first kappa shape index (κ1) is 16.3. The normalized spacial score (nSPS) is 10.4. The topological polar surface area (TPSA) is 125 Å². The number of hydrogen-bond donors (Lipinski definition) is 1. The lowest BCUT2D eigenvalue weighted by atomic mass is 10.6. The van der Waals surface area contributed by atoms with Crippen LogP contribution >= 0.6 is 23.2 Å². The molecular formula is C10H10Cl2N6O4. The summed E-state index contributed by atoms with van der Waals surface area (Å²) in [5, 5.41) is 8.81.